The zero-order valence-electron chi connectivity index (χ0n) is 31.0. The van der Waals surface area contributed by atoms with E-state index in [0.29, 0.717) is 44.5 Å². The molecule has 6 aromatic carbocycles. The van der Waals surface area contributed by atoms with Crippen LogP contribution in [0.1, 0.15) is 41.4 Å². The summed E-state index contributed by atoms with van der Waals surface area (Å²) in [4.78, 5) is 47.6. The van der Waals surface area contributed by atoms with Gasteiger partial charge in [-0.05, 0) is 95.6 Å². The van der Waals surface area contributed by atoms with Gasteiger partial charge in [-0.3, -0.25) is 9.59 Å². The number of anilines is 2. The Morgan fingerprint density at radius 3 is 1.44 bits per heavy atom. The van der Waals surface area contributed by atoms with Crippen LogP contribution >= 0.6 is 34.8 Å². The van der Waals surface area contributed by atoms with Crippen molar-refractivity contribution in [2.24, 2.45) is 0 Å². The lowest BCUT2D eigenvalue weighted by Gasteiger charge is -2.13. The minimum Gasteiger partial charge on any atom is -0.497 e. The summed E-state index contributed by atoms with van der Waals surface area (Å²) in [5.41, 5.74) is 0.839. The van der Waals surface area contributed by atoms with Crippen LogP contribution in [0.15, 0.2) is 109 Å². The highest BCUT2D eigenvalue weighted by Crippen LogP contribution is 2.38. The van der Waals surface area contributed by atoms with Gasteiger partial charge < -0.3 is 35.1 Å². The molecule has 0 heterocycles. The van der Waals surface area contributed by atoms with Crippen LogP contribution in [0.25, 0.3) is 22.3 Å². The molecule has 0 aliphatic heterocycles. The molecule has 2 amide bonds. The van der Waals surface area contributed by atoms with Crippen LogP contribution < -0.4 is 24.8 Å². The Morgan fingerprint density at radius 1 is 0.508 bits per heavy atom. The van der Waals surface area contributed by atoms with Crippen molar-refractivity contribution >= 4 is 69.9 Å². The lowest BCUT2D eigenvalue weighted by Crippen LogP contribution is -2.17. The molecule has 0 spiro atoms. The van der Waals surface area contributed by atoms with Crippen LogP contribution in [0.2, 0.25) is 15.1 Å². The zero-order chi connectivity index (χ0) is 43.0. The SMILES string of the molecule is COc1ccc(-c2cc(F)c(NC(=O)c3ccccc3C(=O)O)c(Cl)c2)cc1OC.COc1ccc(Cl)c(-c2cc(F)c(NC(=O)c3ccccc3C(=O)O)c(Cl)c2)c1. The number of benzene rings is 6. The maximum absolute atomic E-state index is 14.8. The molecular weight excluding hydrogens is 833 g/mol. The van der Waals surface area contributed by atoms with Crippen molar-refractivity contribution in [1.82, 2.24) is 0 Å². The monoisotopic (exact) mass is 862 g/mol. The van der Waals surface area contributed by atoms with Crippen LogP contribution in [0.3, 0.4) is 0 Å². The second kappa shape index (κ2) is 19.2. The Hall–Kier alpha value is -6.67. The van der Waals surface area contributed by atoms with Crippen molar-refractivity contribution in [3.8, 4) is 39.5 Å². The van der Waals surface area contributed by atoms with Crippen LogP contribution in [0.4, 0.5) is 20.2 Å². The summed E-state index contributed by atoms with van der Waals surface area (Å²) in [5, 5.41) is 23.4. The first-order chi connectivity index (χ1) is 28.2. The molecule has 0 unspecified atom stereocenters. The zero-order valence-corrected chi connectivity index (χ0v) is 33.3. The maximum Gasteiger partial charge on any atom is 0.336 e. The Kier molecular flexibility index (Phi) is 14.1. The summed E-state index contributed by atoms with van der Waals surface area (Å²) >= 11 is 18.6. The summed E-state index contributed by atoms with van der Waals surface area (Å²) in [6.45, 7) is 0. The molecule has 59 heavy (non-hydrogen) atoms. The van der Waals surface area contributed by atoms with E-state index >= 15 is 0 Å². The van der Waals surface area contributed by atoms with E-state index in [2.05, 4.69) is 10.6 Å². The molecule has 11 nitrogen and oxygen atoms in total. The van der Waals surface area contributed by atoms with Gasteiger partial charge in [0.25, 0.3) is 11.8 Å². The summed E-state index contributed by atoms with van der Waals surface area (Å²) in [6, 6.07) is 26.5. The van der Waals surface area contributed by atoms with E-state index in [1.165, 1.54) is 94.1 Å². The Labute approximate surface area is 350 Å². The van der Waals surface area contributed by atoms with Gasteiger partial charge in [-0.15, -0.1) is 0 Å². The number of halogens is 5. The summed E-state index contributed by atoms with van der Waals surface area (Å²) in [5.74, 6) is -4.17. The average molecular weight is 864 g/mol. The van der Waals surface area contributed by atoms with Gasteiger partial charge in [0.05, 0.1) is 65.0 Å². The lowest BCUT2D eigenvalue weighted by atomic mass is 10.0. The number of rotatable bonds is 11. The van der Waals surface area contributed by atoms with Gasteiger partial charge in [-0.2, -0.15) is 0 Å². The fraction of sp³-hybridized carbons (Fsp3) is 0.0698. The number of carboxylic acids is 2. The van der Waals surface area contributed by atoms with Gasteiger partial charge in [0.2, 0.25) is 0 Å². The Morgan fingerprint density at radius 2 is 0.983 bits per heavy atom. The molecule has 0 aliphatic carbocycles. The number of nitrogens with one attached hydrogen (secondary N) is 2. The Balaban J connectivity index is 0.000000224. The largest absolute Gasteiger partial charge is 0.497 e. The van der Waals surface area contributed by atoms with E-state index in [9.17, 15) is 38.2 Å². The van der Waals surface area contributed by atoms with Gasteiger partial charge in [0.15, 0.2) is 11.5 Å². The van der Waals surface area contributed by atoms with Gasteiger partial charge in [-0.25, -0.2) is 18.4 Å². The van der Waals surface area contributed by atoms with Gasteiger partial charge >= 0.3 is 11.9 Å². The van der Waals surface area contributed by atoms with Crippen molar-refractivity contribution in [1.29, 1.82) is 0 Å². The maximum atomic E-state index is 14.8. The minimum absolute atomic E-state index is 0.0408. The normalized spacial score (nSPS) is 10.4. The molecule has 0 bridgehead atoms. The van der Waals surface area contributed by atoms with Crippen LogP contribution in [0.5, 0.6) is 17.2 Å². The van der Waals surface area contributed by atoms with Crippen molar-refractivity contribution in [3.05, 3.63) is 158 Å². The van der Waals surface area contributed by atoms with Crippen molar-refractivity contribution < 1.29 is 52.4 Å². The highest BCUT2D eigenvalue weighted by molar-refractivity contribution is 6.35. The van der Waals surface area contributed by atoms with Crippen LogP contribution in [-0.4, -0.2) is 55.3 Å². The molecule has 0 atom stereocenters. The molecule has 302 valence electrons. The molecule has 6 rings (SSSR count). The number of methoxy groups -OCH3 is 3. The fourth-order valence-corrected chi connectivity index (χ4v) is 6.41. The standard InChI is InChI=1S/C22H17ClFNO5.C21H14Cl2FNO4/c1-29-18-8-7-12(11-19(18)30-2)13-9-16(23)20(17(24)10-13)25-21(26)14-5-3-4-6-15(14)22(27)28;1-29-12-6-7-16(22)15(10-12)11-8-17(23)19(18(24)9-11)25-20(26)13-4-2-3-5-14(13)21(27)28/h3-11H,1-2H3,(H,25,26)(H,27,28);2-10H,1H3,(H,25,26)(H,27,28). The second-order valence-electron chi connectivity index (χ2n) is 12.2. The molecule has 0 saturated heterocycles. The number of ether oxygens (including phenoxy) is 3. The van der Waals surface area contributed by atoms with E-state index < -0.39 is 35.4 Å². The molecule has 0 fully saturated rings. The van der Waals surface area contributed by atoms with Crippen LogP contribution in [-0.2, 0) is 0 Å². The minimum atomic E-state index is -1.27. The molecular formula is C43H31Cl3F2N2O9. The highest BCUT2D eigenvalue weighted by Gasteiger charge is 2.22. The second-order valence-corrected chi connectivity index (χ2v) is 13.4. The number of amides is 2. The number of carbonyl (C=O) groups excluding carboxylic acids is 2. The first-order valence-electron chi connectivity index (χ1n) is 17.0. The molecule has 0 saturated carbocycles. The van der Waals surface area contributed by atoms with Crippen LogP contribution in [0, 0.1) is 11.6 Å². The number of aromatic carboxylic acids is 2. The summed E-state index contributed by atoms with van der Waals surface area (Å²) in [7, 11) is 4.49. The van der Waals surface area contributed by atoms with Gasteiger partial charge in [0.1, 0.15) is 17.4 Å². The molecule has 4 N–H and O–H groups in total. The molecule has 16 heteroatoms. The highest BCUT2D eigenvalue weighted by atomic mass is 35.5. The van der Waals surface area contributed by atoms with E-state index in [-0.39, 0.29) is 43.7 Å². The average Bonchev–Trinajstić information content (AvgIpc) is 3.23. The third-order valence-electron chi connectivity index (χ3n) is 8.57. The fourth-order valence-electron chi connectivity index (χ4n) is 5.67. The first-order valence-corrected chi connectivity index (χ1v) is 18.1. The van der Waals surface area contributed by atoms with E-state index in [4.69, 9.17) is 49.0 Å². The van der Waals surface area contributed by atoms with Crippen molar-refractivity contribution in [2.45, 2.75) is 0 Å². The molecule has 0 radical (unpaired) electrons. The predicted molar refractivity (Wildman–Crippen MR) is 221 cm³/mol. The topological polar surface area (TPSA) is 160 Å². The molecule has 0 aliphatic rings. The Bertz CT molecular complexity index is 2560. The number of hydrogen-bond acceptors (Lipinski definition) is 7. The third-order valence-corrected chi connectivity index (χ3v) is 9.49. The van der Waals surface area contributed by atoms with Crippen molar-refractivity contribution in [3.63, 3.8) is 0 Å². The predicted octanol–water partition coefficient (Wildman–Crippen LogP) is 10.9. The third kappa shape index (κ3) is 10.1. The summed E-state index contributed by atoms with van der Waals surface area (Å²) < 4.78 is 45.2. The number of carbonyl (C=O) groups is 4. The van der Waals surface area contributed by atoms with E-state index in [1.807, 2.05) is 0 Å². The first kappa shape index (κ1) is 43.5. The van der Waals surface area contributed by atoms with E-state index in [1.54, 1.807) is 36.4 Å². The molecule has 0 aromatic heterocycles. The lowest BCUT2D eigenvalue weighted by molar-refractivity contribution is 0.0683. The van der Waals surface area contributed by atoms with Crippen molar-refractivity contribution in [2.75, 3.05) is 32.0 Å². The molecule has 6 aromatic rings. The summed E-state index contributed by atoms with van der Waals surface area (Å²) in [6.07, 6.45) is 0. The van der Waals surface area contributed by atoms with Gasteiger partial charge in [-0.1, -0.05) is 65.1 Å². The quantitative estimate of drug-likeness (QED) is 0.0994. The number of hydrogen-bond donors (Lipinski definition) is 4. The smallest absolute Gasteiger partial charge is 0.336 e. The number of carboxylic acid groups (broad SMARTS) is 2. The van der Waals surface area contributed by atoms with Gasteiger partial charge in [0, 0.05) is 10.6 Å². The van der Waals surface area contributed by atoms with E-state index in [0.717, 1.165) is 0 Å².